The van der Waals surface area contributed by atoms with Crippen molar-refractivity contribution in [3.8, 4) is 0 Å². The molecule has 3 aromatic rings. The standard InChI is InChI=1S/C16H12INO3/c1-9-4-3-5-11(14(9)17)15(19)10-6-7-12-13(8-10)21-16(20)18(12)2/h3-8H,1-2H3. The number of hydrogen-bond donors (Lipinski definition) is 0. The van der Waals surface area contributed by atoms with E-state index in [9.17, 15) is 9.59 Å². The number of fused-ring (bicyclic) bond motifs is 1. The second kappa shape index (κ2) is 5.14. The van der Waals surface area contributed by atoms with Gasteiger partial charge in [-0.1, -0.05) is 12.1 Å². The highest BCUT2D eigenvalue weighted by molar-refractivity contribution is 14.1. The van der Waals surface area contributed by atoms with E-state index in [1.165, 1.54) is 4.57 Å². The smallest absolute Gasteiger partial charge is 0.408 e. The van der Waals surface area contributed by atoms with Crippen LogP contribution in [0.25, 0.3) is 11.1 Å². The summed E-state index contributed by atoms with van der Waals surface area (Å²) in [5.41, 5.74) is 3.34. The van der Waals surface area contributed by atoms with Crippen LogP contribution in [0.15, 0.2) is 45.6 Å². The van der Waals surface area contributed by atoms with Crippen LogP contribution < -0.4 is 5.76 Å². The molecule has 1 heterocycles. The molecule has 21 heavy (non-hydrogen) atoms. The van der Waals surface area contributed by atoms with Crippen LogP contribution in [-0.4, -0.2) is 10.4 Å². The molecule has 3 rings (SSSR count). The third-order valence-corrected chi connectivity index (χ3v) is 4.92. The lowest BCUT2D eigenvalue weighted by Crippen LogP contribution is -2.08. The van der Waals surface area contributed by atoms with Crippen LogP contribution in [0, 0.1) is 10.5 Å². The zero-order chi connectivity index (χ0) is 15.1. The van der Waals surface area contributed by atoms with Crippen LogP contribution >= 0.6 is 22.6 Å². The Hall–Kier alpha value is -1.89. The molecule has 106 valence electrons. The Labute approximate surface area is 134 Å². The van der Waals surface area contributed by atoms with Gasteiger partial charge >= 0.3 is 5.76 Å². The number of aromatic nitrogens is 1. The van der Waals surface area contributed by atoms with Crippen molar-refractivity contribution in [1.29, 1.82) is 0 Å². The van der Waals surface area contributed by atoms with Gasteiger partial charge in [-0.05, 0) is 59.3 Å². The molecule has 0 atom stereocenters. The maximum absolute atomic E-state index is 12.6. The van der Waals surface area contributed by atoms with E-state index >= 15 is 0 Å². The zero-order valence-corrected chi connectivity index (χ0v) is 13.7. The van der Waals surface area contributed by atoms with Crippen molar-refractivity contribution in [2.24, 2.45) is 7.05 Å². The van der Waals surface area contributed by atoms with E-state index in [0.717, 1.165) is 9.13 Å². The molecule has 0 unspecified atom stereocenters. The molecule has 0 bridgehead atoms. The van der Waals surface area contributed by atoms with Crippen molar-refractivity contribution in [1.82, 2.24) is 4.57 Å². The maximum Gasteiger partial charge on any atom is 0.419 e. The SMILES string of the molecule is Cc1cccc(C(=O)c2ccc3c(c2)oc(=O)n3C)c1I. The zero-order valence-electron chi connectivity index (χ0n) is 11.5. The number of oxazole rings is 1. The molecule has 0 saturated heterocycles. The Kier molecular flexibility index (Phi) is 3.44. The summed E-state index contributed by atoms with van der Waals surface area (Å²) < 4.78 is 7.49. The number of ketones is 1. The van der Waals surface area contributed by atoms with Gasteiger partial charge in [-0.15, -0.1) is 0 Å². The third-order valence-electron chi connectivity index (χ3n) is 3.49. The van der Waals surface area contributed by atoms with E-state index in [1.54, 1.807) is 25.2 Å². The van der Waals surface area contributed by atoms with Gasteiger partial charge in [0.2, 0.25) is 0 Å². The first-order valence-corrected chi connectivity index (χ1v) is 7.46. The van der Waals surface area contributed by atoms with Crippen LogP contribution in [-0.2, 0) is 7.05 Å². The first-order valence-electron chi connectivity index (χ1n) is 6.38. The lowest BCUT2D eigenvalue weighted by Gasteiger charge is -2.06. The summed E-state index contributed by atoms with van der Waals surface area (Å²) >= 11 is 2.18. The molecule has 0 fully saturated rings. The highest BCUT2D eigenvalue weighted by atomic mass is 127. The molecular formula is C16H12INO3. The number of nitrogens with zero attached hydrogens (tertiary/aromatic N) is 1. The van der Waals surface area contributed by atoms with Crippen LogP contribution in [0.4, 0.5) is 0 Å². The molecule has 0 amide bonds. The Morgan fingerprint density at radius 3 is 2.76 bits per heavy atom. The van der Waals surface area contributed by atoms with Crippen molar-refractivity contribution in [2.75, 3.05) is 0 Å². The molecule has 0 aliphatic heterocycles. The highest BCUT2D eigenvalue weighted by Gasteiger charge is 2.15. The number of aryl methyl sites for hydroxylation is 2. The molecule has 2 aromatic carbocycles. The van der Waals surface area contributed by atoms with Crippen molar-refractivity contribution in [3.63, 3.8) is 0 Å². The first kappa shape index (κ1) is 14.1. The minimum absolute atomic E-state index is 0.0727. The van der Waals surface area contributed by atoms with Crippen molar-refractivity contribution < 1.29 is 9.21 Å². The number of rotatable bonds is 2. The van der Waals surface area contributed by atoms with Gasteiger partial charge in [0.15, 0.2) is 11.4 Å². The van der Waals surface area contributed by atoms with Gasteiger partial charge in [0.1, 0.15) is 0 Å². The van der Waals surface area contributed by atoms with Crippen molar-refractivity contribution in [2.45, 2.75) is 6.92 Å². The summed E-state index contributed by atoms with van der Waals surface area (Å²) in [5.74, 6) is -0.503. The number of halogens is 1. The maximum atomic E-state index is 12.6. The van der Waals surface area contributed by atoms with Gasteiger partial charge in [0.05, 0.1) is 5.52 Å². The fourth-order valence-electron chi connectivity index (χ4n) is 2.25. The summed E-state index contributed by atoms with van der Waals surface area (Å²) in [6.07, 6.45) is 0. The average molecular weight is 393 g/mol. The molecule has 0 aliphatic rings. The van der Waals surface area contributed by atoms with Crippen molar-refractivity contribution >= 4 is 39.5 Å². The Bertz CT molecular complexity index is 921. The Balaban J connectivity index is 2.14. The lowest BCUT2D eigenvalue weighted by atomic mass is 10.0. The minimum Gasteiger partial charge on any atom is -0.408 e. The largest absolute Gasteiger partial charge is 0.419 e. The van der Waals surface area contributed by atoms with Gasteiger partial charge < -0.3 is 4.42 Å². The van der Waals surface area contributed by atoms with E-state index in [-0.39, 0.29) is 5.78 Å². The third kappa shape index (κ3) is 2.31. The quantitative estimate of drug-likeness (QED) is 0.496. The number of carbonyl (C=O) groups excluding carboxylic acids is 1. The summed E-state index contributed by atoms with van der Waals surface area (Å²) in [4.78, 5) is 24.1. The monoisotopic (exact) mass is 393 g/mol. The number of carbonyl (C=O) groups is 1. The average Bonchev–Trinajstić information content (AvgIpc) is 2.76. The summed E-state index contributed by atoms with van der Waals surface area (Å²) in [7, 11) is 1.64. The fraction of sp³-hybridized carbons (Fsp3) is 0.125. The Morgan fingerprint density at radius 2 is 2.00 bits per heavy atom. The molecule has 5 heteroatoms. The second-order valence-electron chi connectivity index (χ2n) is 4.88. The predicted molar refractivity (Wildman–Crippen MR) is 88.8 cm³/mol. The van der Waals surface area contributed by atoms with E-state index in [0.29, 0.717) is 22.2 Å². The van der Waals surface area contributed by atoms with Crippen LogP contribution in [0.3, 0.4) is 0 Å². The van der Waals surface area contributed by atoms with Crippen LogP contribution in [0.1, 0.15) is 21.5 Å². The molecular weight excluding hydrogens is 381 g/mol. The van der Waals surface area contributed by atoms with Crippen LogP contribution in [0.2, 0.25) is 0 Å². The van der Waals surface area contributed by atoms with Gasteiger partial charge in [-0.25, -0.2) is 4.79 Å². The van der Waals surface area contributed by atoms with Crippen LogP contribution in [0.5, 0.6) is 0 Å². The van der Waals surface area contributed by atoms with E-state index < -0.39 is 5.76 Å². The van der Waals surface area contributed by atoms with E-state index in [1.807, 2.05) is 25.1 Å². The number of hydrogen-bond acceptors (Lipinski definition) is 3. The first-order chi connectivity index (χ1) is 9.99. The fourth-order valence-corrected chi connectivity index (χ4v) is 2.86. The molecule has 0 aliphatic carbocycles. The molecule has 0 radical (unpaired) electrons. The molecule has 1 aromatic heterocycles. The highest BCUT2D eigenvalue weighted by Crippen LogP contribution is 2.22. The molecule has 0 spiro atoms. The van der Waals surface area contributed by atoms with Gasteiger partial charge in [0, 0.05) is 21.7 Å². The van der Waals surface area contributed by atoms with Gasteiger partial charge in [0.25, 0.3) is 0 Å². The minimum atomic E-state index is -0.431. The normalized spacial score (nSPS) is 11.0. The Morgan fingerprint density at radius 1 is 1.24 bits per heavy atom. The molecule has 0 saturated carbocycles. The summed E-state index contributed by atoms with van der Waals surface area (Å²) in [6, 6.07) is 10.7. The van der Waals surface area contributed by atoms with E-state index in [4.69, 9.17) is 4.42 Å². The summed E-state index contributed by atoms with van der Waals surface area (Å²) in [6.45, 7) is 1.97. The van der Waals surface area contributed by atoms with Crippen molar-refractivity contribution in [3.05, 3.63) is 67.2 Å². The summed E-state index contributed by atoms with van der Waals surface area (Å²) in [5, 5.41) is 0. The molecule has 4 nitrogen and oxygen atoms in total. The predicted octanol–water partition coefficient (Wildman–Crippen LogP) is 3.28. The second-order valence-corrected chi connectivity index (χ2v) is 5.95. The lowest BCUT2D eigenvalue weighted by molar-refractivity contribution is 0.103. The van der Waals surface area contributed by atoms with E-state index in [2.05, 4.69) is 22.6 Å². The van der Waals surface area contributed by atoms with Gasteiger partial charge in [-0.2, -0.15) is 0 Å². The topological polar surface area (TPSA) is 52.2 Å². The molecule has 0 N–H and O–H groups in total. The number of benzene rings is 2. The van der Waals surface area contributed by atoms with Gasteiger partial charge in [-0.3, -0.25) is 9.36 Å².